The number of benzene rings is 2. The molecule has 0 amide bonds. The van der Waals surface area contributed by atoms with Crippen LogP contribution in [0.2, 0.25) is 0 Å². The van der Waals surface area contributed by atoms with E-state index < -0.39 is 5.82 Å². The minimum Gasteiger partial charge on any atom is -0.497 e. The van der Waals surface area contributed by atoms with Crippen molar-refractivity contribution in [3.63, 3.8) is 0 Å². The first-order chi connectivity index (χ1) is 10.2. The highest BCUT2D eigenvalue weighted by atomic mass is 19.1. The number of nitriles is 1. The molecule has 2 aromatic carbocycles. The molecule has 2 rings (SSSR count). The SMILES string of the molecule is CCOc1ccc(Nc2cc(OC)ccc2C#N)cc1F. The fraction of sp³-hybridized carbons (Fsp3) is 0.188. The van der Waals surface area contributed by atoms with Gasteiger partial charge in [0.25, 0.3) is 0 Å². The van der Waals surface area contributed by atoms with Crippen LogP contribution in [0.25, 0.3) is 0 Å². The average molecular weight is 286 g/mol. The van der Waals surface area contributed by atoms with Gasteiger partial charge in [-0.05, 0) is 31.2 Å². The number of anilines is 2. The maximum Gasteiger partial charge on any atom is 0.167 e. The summed E-state index contributed by atoms with van der Waals surface area (Å²) in [6, 6.07) is 11.7. The van der Waals surface area contributed by atoms with Gasteiger partial charge >= 0.3 is 0 Å². The lowest BCUT2D eigenvalue weighted by Gasteiger charge is -2.11. The van der Waals surface area contributed by atoms with E-state index in [0.717, 1.165) is 0 Å². The Hall–Kier alpha value is -2.74. The Morgan fingerprint density at radius 3 is 2.67 bits per heavy atom. The number of ether oxygens (including phenoxy) is 2. The number of hydrogen-bond donors (Lipinski definition) is 1. The van der Waals surface area contributed by atoms with Crippen LogP contribution in [0.1, 0.15) is 12.5 Å². The van der Waals surface area contributed by atoms with Crippen LogP contribution in [-0.4, -0.2) is 13.7 Å². The van der Waals surface area contributed by atoms with Crippen LogP contribution in [0.4, 0.5) is 15.8 Å². The maximum absolute atomic E-state index is 13.8. The van der Waals surface area contributed by atoms with E-state index in [1.165, 1.54) is 6.07 Å². The first-order valence-electron chi connectivity index (χ1n) is 6.45. The minimum atomic E-state index is -0.455. The van der Waals surface area contributed by atoms with Gasteiger partial charge in [0.05, 0.1) is 25.0 Å². The quantitative estimate of drug-likeness (QED) is 0.907. The predicted octanol–water partition coefficient (Wildman–Crippen LogP) is 3.85. The van der Waals surface area contributed by atoms with E-state index >= 15 is 0 Å². The predicted molar refractivity (Wildman–Crippen MR) is 78.6 cm³/mol. The number of hydrogen-bond acceptors (Lipinski definition) is 4. The third-order valence-electron chi connectivity index (χ3n) is 2.86. The Labute approximate surface area is 122 Å². The third kappa shape index (κ3) is 3.42. The molecule has 0 fully saturated rings. The van der Waals surface area contributed by atoms with E-state index in [1.807, 2.05) is 0 Å². The normalized spacial score (nSPS) is 9.81. The fourth-order valence-electron chi connectivity index (χ4n) is 1.86. The maximum atomic E-state index is 13.8. The molecule has 0 aromatic heterocycles. The van der Waals surface area contributed by atoms with Gasteiger partial charge in [-0.15, -0.1) is 0 Å². The van der Waals surface area contributed by atoms with Gasteiger partial charge in [0, 0.05) is 17.8 Å². The zero-order valence-electron chi connectivity index (χ0n) is 11.8. The molecule has 4 nitrogen and oxygen atoms in total. The van der Waals surface area contributed by atoms with E-state index in [9.17, 15) is 4.39 Å². The second-order valence-corrected chi connectivity index (χ2v) is 4.23. The molecule has 108 valence electrons. The van der Waals surface area contributed by atoms with Crippen LogP contribution in [0.5, 0.6) is 11.5 Å². The van der Waals surface area contributed by atoms with Gasteiger partial charge in [0.1, 0.15) is 11.8 Å². The molecule has 0 saturated heterocycles. The lowest BCUT2D eigenvalue weighted by Crippen LogP contribution is -1.98. The summed E-state index contributed by atoms with van der Waals surface area (Å²) in [7, 11) is 1.54. The minimum absolute atomic E-state index is 0.203. The topological polar surface area (TPSA) is 54.3 Å². The van der Waals surface area contributed by atoms with Gasteiger partial charge < -0.3 is 14.8 Å². The van der Waals surface area contributed by atoms with E-state index in [4.69, 9.17) is 14.7 Å². The number of halogens is 1. The molecule has 5 heteroatoms. The number of nitrogens with one attached hydrogen (secondary N) is 1. The Kier molecular flexibility index (Phi) is 4.62. The highest BCUT2D eigenvalue weighted by Crippen LogP contribution is 2.28. The van der Waals surface area contributed by atoms with Crippen LogP contribution in [0.3, 0.4) is 0 Å². The van der Waals surface area contributed by atoms with Crippen LogP contribution in [0.15, 0.2) is 36.4 Å². The van der Waals surface area contributed by atoms with Gasteiger partial charge in [-0.1, -0.05) is 0 Å². The molecule has 0 spiro atoms. The summed E-state index contributed by atoms with van der Waals surface area (Å²) in [6.45, 7) is 2.19. The van der Waals surface area contributed by atoms with E-state index in [-0.39, 0.29) is 5.75 Å². The first kappa shape index (κ1) is 14.7. The summed E-state index contributed by atoms with van der Waals surface area (Å²) >= 11 is 0. The van der Waals surface area contributed by atoms with Gasteiger partial charge in [-0.25, -0.2) is 4.39 Å². The van der Waals surface area contributed by atoms with E-state index in [0.29, 0.717) is 29.3 Å². The standard InChI is InChI=1S/C16H15FN2O2/c1-3-21-16-7-5-12(8-14(16)17)19-15-9-13(20-2)6-4-11(15)10-18/h4-9,19H,3H2,1-2H3. The molecule has 0 aliphatic carbocycles. The molecule has 0 heterocycles. The van der Waals surface area contributed by atoms with Crippen LogP contribution in [-0.2, 0) is 0 Å². The molecular weight excluding hydrogens is 271 g/mol. The number of methoxy groups -OCH3 is 1. The van der Waals surface area contributed by atoms with Crippen molar-refractivity contribution in [1.82, 2.24) is 0 Å². The van der Waals surface area contributed by atoms with Crippen molar-refractivity contribution in [2.75, 3.05) is 19.0 Å². The van der Waals surface area contributed by atoms with Crippen LogP contribution < -0.4 is 14.8 Å². The second-order valence-electron chi connectivity index (χ2n) is 4.23. The zero-order valence-corrected chi connectivity index (χ0v) is 11.8. The average Bonchev–Trinajstić information content (AvgIpc) is 2.50. The summed E-state index contributed by atoms with van der Waals surface area (Å²) in [5, 5.41) is 12.1. The summed E-state index contributed by atoms with van der Waals surface area (Å²) in [5.41, 5.74) is 1.53. The summed E-state index contributed by atoms with van der Waals surface area (Å²) < 4.78 is 24.1. The molecule has 0 atom stereocenters. The highest BCUT2D eigenvalue weighted by molar-refractivity contribution is 5.68. The lowest BCUT2D eigenvalue weighted by molar-refractivity contribution is 0.321. The summed E-state index contributed by atoms with van der Waals surface area (Å²) in [4.78, 5) is 0. The molecule has 0 radical (unpaired) electrons. The van der Waals surface area contributed by atoms with Crippen molar-refractivity contribution >= 4 is 11.4 Å². The molecule has 21 heavy (non-hydrogen) atoms. The Balaban J connectivity index is 2.29. The van der Waals surface area contributed by atoms with Crippen molar-refractivity contribution in [3.8, 4) is 17.6 Å². The Bertz CT molecular complexity index is 680. The largest absolute Gasteiger partial charge is 0.497 e. The molecule has 1 N–H and O–H groups in total. The molecule has 0 aliphatic heterocycles. The van der Waals surface area contributed by atoms with Crippen LogP contribution in [0, 0.1) is 17.1 Å². The second kappa shape index (κ2) is 6.62. The van der Waals surface area contributed by atoms with Gasteiger partial charge in [0.2, 0.25) is 0 Å². The zero-order chi connectivity index (χ0) is 15.2. The van der Waals surface area contributed by atoms with Crippen molar-refractivity contribution in [3.05, 3.63) is 47.8 Å². The van der Waals surface area contributed by atoms with Crippen molar-refractivity contribution in [2.45, 2.75) is 6.92 Å². The number of nitrogens with zero attached hydrogens (tertiary/aromatic N) is 1. The Morgan fingerprint density at radius 2 is 2.05 bits per heavy atom. The van der Waals surface area contributed by atoms with Crippen molar-refractivity contribution in [2.24, 2.45) is 0 Å². The summed E-state index contributed by atoms with van der Waals surface area (Å²) in [5.74, 6) is 0.361. The van der Waals surface area contributed by atoms with Gasteiger partial charge in [-0.3, -0.25) is 0 Å². The van der Waals surface area contributed by atoms with Crippen molar-refractivity contribution < 1.29 is 13.9 Å². The van der Waals surface area contributed by atoms with Crippen LogP contribution >= 0.6 is 0 Å². The van der Waals surface area contributed by atoms with E-state index in [2.05, 4.69) is 11.4 Å². The molecular formula is C16H15FN2O2. The summed E-state index contributed by atoms with van der Waals surface area (Å²) in [6.07, 6.45) is 0. The fourth-order valence-corrected chi connectivity index (χ4v) is 1.86. The van der Waals surface area contributed by atoms with Gasteiger partial charge in [-0.2, -0.15) is 5.26 Å². The smallest absolute Gasteiger partial charge is 0.167 e. The van der Waals surface area contributed by atoms with Gasteiger partial charge in [0.15, 0.2) is 11.6 Å². The lowest BCUT2D eigenvalue weighted by atomic mass is 10.1. The number of rotatable bonds is 5. The van der Waals surface area contributed by atoms with E-state index in [1.54, 1.807) is 44.4 Å². The Morgan fingerprint density at radius 1 is 1.24 bits per heavy atom. The molecule has 0 saturated carbocycles. The monoisotopic (exact) mass is 286 g/mol. The van der Waals surface area contributed by atoms with Crippen molar-refractivity contribution in [1.29, 1.82) is 5.26 Å². The highest BCUT2D eigenvalue weighted by Gasteiger charge is 2.08. The molecule has 0 bridgehead atoms. The molecule has 2 aromatic rings. The molecule has 0 aliphatic rings. The molecule has 0 unspecified atom stereocenters. The first-order valence-corrected chi connectivity index (χ1v) is 6.45. The third-order valence-corrected chi connectivity index (χ3v) is 2.86.